The topological polar surface area (TPSA) is 12.0 Å². The molecular weight excluding hydrogens is 238 g/mol. The van der Waals surface area contributed by atoms with E-state index in [1.807, 2.05) is 11.8 Å². The van der Waals surface area contributed by atoms with Crippen LogP contribution in [0.15, 0.2) is 35.2 Å². The maximum absolute atomic E-state index is 3.55. The molecule has 1 aromatic carbocycles. The Morgan fingerprint density at radius 3 is 2.39 bits per heavy atom. The number of nitrogens with one attached hydrogen (secondary N) is 1. The predicted octanol–water partition coefficient (Wildman–Crippen LogP) is 4.34. The van der Waals surface area contributed by atoms with E-state index in [1.54, 1.807) is 0 Å². The lowest BCUT2D eigenvalue weighted by Crippen LogP contribution is -2.35. The highest BCUT2D eigenvalue weighted by Crippen LogP contribution is 2.28. The first-order valence-corrected chi connectivity index (χ1v) is 8.24. The first-order chi connectivity index (χ1) is 8.90. The molecule has 1 aliphatic rings. The fourth-order valence-corrected chi connectivity index (χ4v) is 4.03. The van der Waals surface area contributed by atoms with Crippen molar-refractivity contribution in [3.05, 3.63) is 30.3 Å². The van der Waals surface area contributed by atoms with Crippen molar-refractivity contribution < 1.29 is 0 Å². The third-order valence-corrected chi connectivity index (χ3v) is 5.14. The summed E-state index contributed by atoms with van der Waals surface area (Å²) in [5.41, 5.74) is 0. The summed E-state index contributed by atoms with van der Waals surface area (Å²) < 4.78 is 0. The van der Waals surface area contributed by atoms with Crippen molar-refractivity contribution in [2.24, 2.45) is 5.92 Å². The fourth-order valence-electron chi connectivity index (χ4n) is 2.87. The summed E-state index contributed by atoms with van der Waals surface area (Å²) in [6, 6.07) is 11.4. The van der Waals surface area contributed by atoms with E-state index >= 15 is 0 Å². The van der Waals surface area contributed by atoms with E-state index in [-0.39, 0.29) is 0 Å². The molecule has 0 amide bonds. The summed E-state index contributed by atoms with van der Waals surface area (Å²) in [5, 5.41) is 3.55. The Balaban J connectivity index is 1.84. The van der Waals surface area contributed by atoms with Crippen LogP contribution >= 0.6 is 11.8 Å². The number of rotatable bonds is 5. The molecule has 0 spiro atoms. The second-order valence-corrected chi connectivity index (χ2v) is 6.36. The normalized spacial score (nSPS) is 19.4. The van der Waals surface area contributed by atoms with E-state index in [0.29, 0.717) is 6.04 Å². The van der Waals surface area contributed by atoms with Gasteiger partial charge in [-0.25, -0.2) is 0 Å². The third-order valence-electron chi connectivity index (χ3n) is 4.01. The minimum Gasteiger partial charge on any atom is -0.316 e. The maximum Gasteiger partial charge on any atom is 0.0186 e. The molecule has 0 radical (unpaired) electrons. The van der Waals surface area contributed by atoms with Crippen LogP contribution in [0.3, 0.4) is 0 Å². The van der Waals surface area contributed by atoms with E-state index in [0.717, 1.165) is 5.92 Å². The smallest absolute Gasteiger partial charge is 0.0186 e. The number of hydrogen-bond acceptors (Lipinski definition) is 2. The molecule has 1 atom stereocenters. The molecule has 18 heavy (non-hydrogen) atoms. The summed E-state index contributed by atoms with van der Waals surface area (Å²) >= 11 is 1.99. The number of hydrogen-bond donors (Lipinski definition) is 1. The molecule has 1 unspecified atom stereocenters. The zero-order chi connectivity index (χ0) is 12.6. The highest BCUT2D eigenvalue weighted by Gasteiger charge is 2.21. The molecule has 0 saturated heterocycles. The van der Waals surface area contributed by atoms with Gasteiger partial charge >= 0.3 is 0 Å². The molecule has 100 valence electrons. The summed E-state index contributed by atoms with van der Waals surface area (Å²) in [6.07, 6.45) is 8.58. The van der Waals surface area contributed by atoms with Crippen molar-refractivity contribution in [2.75, 3.05) is 12.8 Å². The predicted molar refractivity (Wildman–Crippen MR) is 81.2 cm³/mol. The van der Waals surface area contributed by atoms with Crippen molar-refractivity contribution in [2.45, 2.75) is 49.5 Å². The standard InChI is InChI=1S/C16H25NS/c1-17-16(14-9-5-2-3-6-10-14)13-18-15-11-7-4-8-12-15/h4,7-8,11-12,14,16-17H,2-3,5-6,9-10,13H2,1H3. The van der Waals surface area contributed by atoms with Crippen LogP contribution < -0.4 is 5.32 Å². The van der Waals surface area contributed by atoms with Crippen molar-refractivity contribution in [3.8, 4) is 0 Å². The van der Waals surface area contributed by atoms with E-state index in [1.165, 1.54) is 49.2 Å². The molecule has 1 saturated carbocycles. The summed E-state index contributed by atoms with van der Waals surface area (Å²) in [4.78, 5) is 1.39. The van der Waals surface area contributed by atoms with Crippen molar-refractivity contribution in [1.29, 1.82) is 0 Å². The van der Waals surface area contributed by atoms with Gasteiger partial charge in [0.05, 0.1) is 0 Å². The van der Waals surface area contributed by atoms with Crippen LogP contribution in [0, 0.1) is 5.92 Å². The number of benzene rings is 1. The number of thioether (sulfide) groups is 1. The molecule has 0 bridgehead atoms. The molecule has 1 aromatic rings. The van der Waals surface area contributed by atoms with Gasteiger partial charge in [-0.05, 0) is 37.9 Å². The minimum atomic E-state index is 0.674. The van der Waals surface area contributed by atoms with E-state index < -0.39 is 0 Å². The molecule has 0 aliphatic heterocycles. The van der Waals surface area contributed by atoms with Gasteiger partial charge in [0.2, 0.25) is 0 Å². The minimum absolute atomic E-state index is 0.674. The monoisotopic (exact) mass is 263 g/mol. The van der Waals surface area contributed by atoms with E-state index in [9.17, 15) is 0 Å². The average molecular weight is 263 g/mol. The van der Waals surface area contributed by atoms with Crippen LogP contribution in [-0.4, -0.2) is 18.8 Å². The molecule has 0 aromatic heterocycles. The Kier molecular flexibility index (Phi) is 6.09. The first kappa shape index (κ1) is 14.0. The largest absolute Gasteiger partial charge is 0.316 e. The first-order valence-electron chi connectivity index (χ1n) is 7.25. The Morgan fingerprint density at radius 2 is 1.78 bits per heavy atom. The third kappa shape index (κ3) is 4.33. The molecular formula is C16H25NS. The molecule has 1 N–H and O–H groups in total. The van der Waals surface area contributed by atoms with Crippen LogP contribution in [-0.2, 0) is 0 Å². The second kappa shape index (κ2) is 7.85. The van der Waals surface area contributed by atoms with Gasteiger partial charge in [0.1, 0.15) is 0 Å². The van der Waals surface area contributed by atoms with Gasteiger partial charge in [0.25, 0.3) is 0 Å². The van der Waals surface area contributed by atoms with Gasteiger partial charge in [0, 0.05) is 16.7 Å². The summed E-state index contributed by atoms with van der Waals surface area (Å²) in [5.74, 6) is 2.08. The molecule has 1 nitrogen and oxygen atoms in total. The van der Waals surface area contributed by atoms with E-state index in [4.69, 9.17) is 0 Å². The second-order valence-electron chi connectivity index (χ2n) is 5.27. The Bertz CT molecular complexity index is 317. The highest BCUT2D eigenvalue weighted by molar-refractivity contribution is 7.99. The van der Waals surface area contributed by atoms with Gasteiger partial charge in [-0.2, -0.15) is 0 Å². The van der Waals surface area contributed by atoms with Crippen molar-refractivity contribution >= 4 is 11.8 Å². The Morgan fingerprint density at radius 1 is 1.11 bits per heavy atom. The highest BCUT2D eigenvalue weighted by atomic mass is 32.2. The zero-order valence-corrected chi connectivity index (χ0v) is 12.2. The lowest BCUT2D eigenvalue weighted by Gasteiger charge is -2.25. The van der Waals surface area contributed by atoms with Gasteiger partial charge in [-0.15, -0.1) is 11.8 Å². The lowest BCUT2D eigenvalue weighted by atomic mass is 9.93. The van der Waals surface area contributed by atoms with Crippen LogP contribution in [0.4, 0.5) is 0 Å². The molecule has 0 heterocycles. The van der Waals surface area contributed by atoms with Crippen LogP contribution in [0.25, 0.3) is 0 Å². The Labute approximate surface area is 116 Å². The quantitative estimate of drug-likeness (QED) is 0.626. The lowest BCUT2D eigenvalue weighted by molar-refractivity contribution is 0.359. The fraction of sp³-hybridized carbons (Fsp3) is 0.625. The summed E-state index contributed by atoms with van der Waals surface area (Å²) in [7, 11) is 2.13. The summed E-state index contributed by atoms with van der Waals surface area (Å²) in [6.45, 7) is 0. The average Bonchev–Trinajstić information content (AvgIpc) is 2.70. The van der Waals surface area contributed by atoms with Gasteiger partial charge in [0.15, 0.2) is 0 Å². The molecule has 2 rings (SSSR count). The van der Waals surface area contributed by atoms with Crippen molar-refractivity contribution in [1.82, 2.24) is 5.32 Å². The SMILES string of the molecule is CNC(CSc1ccccc1)C1CCCCCC1. The maximum atomic E-state index is 3.55. The van der Waals surface area contributed by atoms with Crippen LogP contribution in [0.1, 0.15) is 38.5 Å². The van der Waals surface area contributed by atoms with Gasteiger partial charge < -0.3 is 5.32 Å². The molecule has 1 aliphatic carbocycles. The van der Waals surface area contributed by atoms with Crippen molar-refractivity contribution in [3.63, 3.8) is 0 Å². The van der Waals surface area contributed by atoms with Crippen LogP contribution in [0.2, 0.25) is 0 Å². The van der Waals surface area contributed by atoms with Crippen LogP contribution in [0.5, 0.6) is 0 Å². The zero-order valence-electron chi connectivity index (χ0n) is 11.4. The molecule has 1 fully saturated rings. The molecule has 2 heteroatoms. The Hall–Kier alpha value is -0.470. The van der Waals surface area contributed by atoms with Gasteiger partial charge in [-0.3, -0.25) is 0 Å². The van der Waals surface area contributed by atoms with E-state index in [2.05, 4.69) is 42.7 Å². The van der Waals surface area contributed by atoms with Gasteiger partial charge in [-0.1, -0.05) is 43.9 Å².